The van der Waals surface area contributed by atoms with Crippen LogP contribution in [0, 0.1) is 5.92 Å². The first-order valence-corrected chi connectivity index (χ1v) is 7.04. The first kappa shape index (κ1) is 13.2. The second kappa shape index (κ2) is 5.32. The molecule has 0 bridgehead atoms. The second-order valence-electron chi connectivity index (χ2n) is 5.58. The van der Waals surface area contributed by atoms with Gasteiger partial charge in [0.2, 0.25) is 12.7 Å². The number of amides is 1. The average molecular weight is 276 g/mol. The number of fused-ring (bicyclic) bond motifs is 1. The lowest BCUT2D eigenvalue weighted by molar-refractivity contribution is -0.134. The fourth-order valence-electron chi connectivity index (χ4n) is 2.97. The van der Waals surface area contributed by atoms with Crippen LogP contribution in [0.15, 0.2) is 18.2 Å². The van der Waals surface area contributed by atoms with Crippen molar-refractivity contribution >= 4 is 5.91 Å². The third-order valence-corrected chi connectivity index (χ3v) is 4.12. The zero-order valence-corrected chi connectivity index (χ0v) is 11.7. The normalized spacial score (nSPS) is 23.9. The number of carbonyl (C=O) groups is 1. The second-order valence-corrected chi connectivity index (χ2v) is 5.58. The molecule has 1 aliphatic carbocycles. The Morgan fingerprint density at radius 1 is 1.35 bits per heavy atom. The summed E-state index contributed by atoms with van der Waals surface area (Å²) in [5, 5.41) is 0. The summed E-state index contributed by atoms with van der Waals surface area (Å²) in [6.45, 7) is 0.836. The van der Waals surface area contributed by atoms with Crippen LogP contribution in [0.25, 0.3) is 0 Å². The van der Waals surface area contributed by atoms with Crippen molar-refractivity contribution in [1.29, 1.82) is 0 Å². The quantitative estimate of drug-likeness (QED) is 0.908. The zero-order valence-electron chi connectivity index (χ0n) is 11.7. The van der Waals surface area contributed by atoms with Crippen molar-refractivity contribution in [1.82, 2.24) is 4.90 Å². The minimum atomic E-state index is -0.0194. The summed E-state index contributed by atoms with van der Waals surface area (Å²) in [7, 11) is 1.83. The van der Waals surface area contributed by atoms with E-state index in [4.69, 9.17) is 15.2 Å². The Labute approximate surface area is 118 Å². The van der Waals surface area contributed by atoms with Crippen molar-refractivity contribution in [2.75, 3.05) is 13.8 Å². The maximum atomic E-state index is 12.4. The fourth-order valence-corrected chi connectivity index (χ4v) is 2.97. The predicted molar refractivity (Wildman–Crippen MR) is 74.4 cm³/mol. The number of nitrogens with two attached hydrogens (primary N) is 1. The summed E-state index contributed by atoms with van der Waals surface area (Å²) in [4.78, 5) is 14.1. The van der Waals surface area contributed by atoms with E-state index in [0.717, 1.165) is 36.3 Å². The lowest BCUT2D eigenvalue weighted by atomic mass is 10.0. The summed E-state index contributed by atoms with van der Waals surface area (Å²) in [6, 6.07) is 5.80. The molecule has 20 heavy (non-hydrogen) atoms. The van der Waals surface area contributed by atoms with E-state index in [2.05, 4.69) is 0 Å². The van der Waals surface area contributed by atoms with E-state index >= 15 is 0 Å². The molecular weight excluding hydrogens is 256 g/mol. The smallest absolute Gasteiger partial charge is 0.231 e. The monoisotopic (exact) mass is 276 g/mol. The summed E-state index contributed by atoms with van der Waals surface area (Å²) in [5.74, 6) is 1.64. The van der Waals surface area contributed by atoms with Crippen LogP contribution in [-0.2, 0) is 11.3 Å². The lowest BCUT2D eigenvalue weighted by Gasteiger charge is -2.23. The predicted octanol–water partition coefficient (Wildman–Crippen LogP) is 1.50. The lowest BCUT2D eigenvalue weighted by Crippen LogP contribution is -2.39. The van der Waals surface area contributed by atoms with Gasteiger partial charge in [0.15, 0.2) is 11.5 Å². The first-order valence-electron chi connectivity index (χ1n) is 7.04. The molecule has 0 radical (unpaired) electrons. The minimum absolute atomic E-state index is 0.0155. The van der Waals surface area contributed by atoms with Crippen LogP contribution < -0.4 is 15.2 Å². The zero-order chi connectivity index (χ0) is 14.1. The fraction of sp³-hybridized carbons (Fsp3) is 0.533. The third kappa shape index (κ3) is 2.45. The Kier molecular flexibility index (Phi) is 3.53. The molecule has 0 spiro atoms. The maximum Gasteiger partial charge on any atom is 0.231 e. The molecule has 0 saturated heterocycles. The van der Waals surface area contributed by atoms with Gasteiger partial charge in [0.05, 0.1) is 5.92 Å². The van der Waals surface area contributed by atoms with Gasteiger partial charge in [0, 0.05) is 19.6 Å². The first-order chi connectivity index (χ1) is 9.65. The summed E-state index contributed by atoms with van der Waals surface area (Å²) in [5.41, 5.74) is 7.04. The molecule has 1 amide bonds. The summed E-state index contributed by atoms with van der Waals surface area (Å²) < 4.78 is 10.6. The Bertz CT molecular complexity index is 518. The van der Waals surface area contributed by atoms with Crippen LogP contribution in [0.5, 0.6) is 11.5 Å². The van der Waals surface area contributed by atoms with Crippen molar-refractivity contribution < 1.29 is 14.3 Å². The summed E-state index contributed by atoms with van der Waals surface area (Å²) in [6.07, 6.45) is 2.91. The van der Waals surface area contributed by atoms with Crippen LogP contribution >= 0.6 is 0 Å². The molecule has 0 aromatic heterocycles. The van der Waals surface area contributed by atoms with E-state index in [1.165, 1.54) is 0 Å². The van der Waals surface area contributed by atoms with Gasteiger partial charge < -0.3 is 20.1 Å². The number of rotatable bonds is 3. The van der Waals surface area contributed by atoms with Crippen LogP contribution in [0.4, 0.5) is 0 Å². The number of carbonyl (C=O) groups excluding carboxylic acids is 1. The number of benzene rings is 1. The van der Waals surface area contributed by atoms with Gasteiger partial charge in [0.1, 0.15) is 0 Å². The molecule has 2 atom stereocenters. The Balaban J connectivity index is 1.66. The standard InChI is InChI=1S/C15H20N2O3/c1-17(15(18)11-3-2-4-12(11)16)8-10-5-6-13-14(7-10)20-9-19-13/h5-7,11-12H,2-4,8-9,16H2,1H3. The highest BCUT2D eigenvalue weighted by atomic mass is 16.7. The van der Waals surface area contributed by atoms with Gasteiger partial charge in [0.25, 0.3) is 0 Å². The van der Waals surface area contributed by atoms with Crippen molar-refractivity contribution in [2.24, 2.45) is 11.7 Å². The molecule has 2 unspecified atom stereocenters. The molecule has 108 valence electrons. The molecule has 3 rings (SSSR count). The average Bonchev–Trinajstić information content (AvgIpc) is 3.05. The summed E-state index contributed by atoms with van der Waals surface area (Å²) >= 11 is 0. The van der Waals surface area contributed by atoms with E-state index in [0.29, 0.717) is 6.54 Å². The number of ether oxygens (including phenoxy) is 2. The Hall–Kier alpha value is -1.75. The third-order valence-electron chi connectivity index (χ3n) is 4.12. The van der Waals surface area contributed by atoms with Crippen molar-refractivity contribution in [3.05, 3.63) is 23.8 Å². The van der Waals surface area contributed by atoms with Crippen LogP contribution in [-0.4, -0.2) is 30.7 Å². The molecule has 5 heteroatoms. The van der Waals surface area contributed by atoms with Gasteiger partial charge in [-0.2, -0.15) is 0 Å². The minimum Gasteiger partial charge on any atom is -0.454 e. The topological polar surface area (TPSA) is 64.8 Å². The van der Waals surface area contributed by atoms with Gasteiger partial charge in [-0.25, -0.2) is 0 Å². The Morgan fingerprint density at radius 2 is 2.15 bits per heavy atom. The maximum absolute atomic E-state index is 12.4. The van der Waals surface area contributed by atoms with Crippen LogP contribution in [0.3, 0.4) is 0 Å². The van der Waals surface area contributed by atoms with Crippen molar-refractivity contribution in [3.8, 4) is 11.5 Å². The van der Waals surface area contributed by atoms with Crippen LogP contribution in [0.1, 0.15) is 24.8 Å². The SMILES string of the molecule is CN(Cc1ccc2c(c1)OCO2)C(=O)C1CCCC1N. The van der Waals surface area contributed by atoms with Gasteiger partial charge in [-0.15, -0.1) is 0 Å². The number of nitrogens with zero attached hydrogens (tertiary/aromatic N) is 1. The van der Waals surface area contributed by atoms with E-state index in [1.807, 2.05) is 25.2 Å². The van der Waals surface area contributed by atoms with E-state index in [1.54, 1.807) is 4.90 Å². The largest absolute Gasteiger partial charge is 0.454 e. The molecule has 1 aliphatic heterocycles. The molecule has 1 aromatic carbocycles. The molecule has 1 heterocycles. The van der Waals surface area contributed by atoms with Crippen LogP contribution in [0.2, 0.25) is 0 Å². The Morgan fingerprint density at radius 3 is 2.90 bits per heavy atom. The highest BCUT2D eigenvalue weighted by Crippen LogP contribution is 2.33. The molecule has 1 aromatic rings. The molecule has 1 saturated carbocycles. The van der Waals surface area contributed by atoms with E-state index < -0.39 is 0 Å². The van der Waals surface area contributed by atoms with Gasteiger partial charge in [-0.1, -0.05) is 12.5 Å². The highest BCUT2D eigenvalue weighted by Gasteiger charge is 2.32. The highest BCUT2D eigenvalue weighted by molar-refractivity contribution is 5.79. The molecular formula is C15H20N2O3. The number of hydrogen-bond donors (Lipinski definition) is 1. The molecule has 1 fully saturated rings. The molecule has 2 aliphatic rings. The van der Waals surface area contributed by atoms with Crippen molar-refractivity contribution in [2.45, 2.75) is 31.8 Å². The van der Waals surface area contributed by atoms with E-state index in [-0.39, 0.29) is 24.7 Å². The molecule has 5 nitrogen and oxygen atoms in total. The van der Waals surface area contributed by atoms with Gasteiger partial charge in [-0.3, -0.25) is 4.79 Å². The van der Waals surface area contributed by atoms with Gasteiger partial charge >= 0.3 is 0 Å². The number of hydrogen-bond acceptors (Lipinski definition) is 4. The van der Waals surface area contributed by atoms with Crippen molar-refractivity contribution in [3.63, 3.8) is 0 Å². The molecule has 2 N–H and O–H groups in total. The van der Waals surface area contributed by atoms with E-state index in [9.17, 15) is 4.79 Å². The van der Waals surface area contributed by atoms with Gasteiger partial charge in [-0.05, 0) is 30.5 Å².